The van der Waals surface area contributed by atoms with E-state index in [1.807, 2.05) is 24.3 Å². The van der Waals surface area contributed by atoms with Gasteiger partial charge < -0.3 is 36.8 Å². The molecule has 0 fully saturated rings. The zero-order valence-corrected chi connectivity index (χ0v) is 22.6. The molecular formula is C28H29BrN4O2S. The van der Waals surface area contributed by atoms with E-state index in [4.69, 9.17) is 21.4 Å². The molecule has 3 heterocycles. The molecule has 186 valence electrons. The summed E-state index contributed by atoms with van der Waals surface area (Å²) in [5.41, 5.74) is 5.35. The summed E-state index contributed by atoms with van der Waals surface area (Å²) < 4.78 is 13.9. The first-order valence-electron chi connectivity index (χ1n) is 12.0. The maximum atomic E-state index is 6.10. The first-order chi connectivity index (χ1) is 17.2. The number of anilines is 1. The standard InChI is InChI=1S/C28H28N4O2S.BrH/c1-2-12-29-28(35)31-24-7-3-5-20(16-24)19-32-13-10-21(11-14-32)26-18-30-27(34-26)23-8-9-25-22(17-23)6-4-15-33-25;/h3,5,7-11,13-14,16-18H,2,4,6,12,15,19H2,1H3,(H-,29,31,35);1H. The van der Waals surface area contributed by atoms with Gasteiger partial charge in [-0.15, -0.1) is 0 Å². The van der Waals surface area contributed by atoms with Crippen LogP contribution in [0.15, 0.2) is 77.6 Å². The number of nitrogens with zero attached hydrogens (tertiary/aromatic N) is 2. The van der Waals surface area contributed by atoms with Gasteiger partial charge in [-0.05, 0) is 67.4 Å². The summed E-state index contributed by atoms with van der Waals surface area (Å²) in [6, 6.07) is 18.5. The van der Waals surface area contributed by atoms with E-state index < -0.39 is 0 Å². The van der Waals surface area contributed by atoms with Gasteiger partial charge in [0.1, 0.15) is 5.75 Å². The Morgan fingerprint density at radius 3 is 2.78 bits per heavy atom. The molecule has 1 aliphatic rings. The van der Waals surface area contributed by atoms with Crippen molar-refractivity contribution in [1.29, 1.82) is 0 Å². The van der Waals surface area contributed by atoms with E-state index in [0.29, 0.717) is 11.0 Å². The highest BCUT2D eigenvalue weighted by Crippen LogP contribution is 2.31. The van der Waals surface area contributed by atoms with Crippen molar-refractivity contribution in [1.82, 2.24) is 10.3 Å². The lowest BCUT2D eigenvalue weighted by Gasteiger charge is -2.17. The first kappa shape index (κ1) is 25.9. The molecule has 4 aromatic rings. The molecule has 2 aromatic carbocycles. The largest absolute Gasteiger partial charge is 1.00 e. The second-order valence-electron chi connectivity index (χ2n) is 8.64. The van der Waals surface area contributed by atoms with E-state index in [-0.39, 0.29) is 17.0 Å². The topological polar surface area (TPSA) is 63.2 Å². The van der Waals surface area contributed by atoms with Crippen LogP contribution in [0, 0.1) is 0 Å². The molecule has 2 aromatic heterocycles. The number of ether oxygens (including phenoxy) is 1. The van der Waals surface area contributed by atoms with Crippen LogP contribution >= 0.6 is 12.2 Å². The van der Waals surface area contributed by atoms with Crippen LogP contribution in [0.5, 0.6) is 5.75 Å². The van der Waals surface area contributed by atoms with Crippen molar-refractivity contribution in [2.24, 2.45) is 0 Å². The van der Waals surface area contributed by atoms with Gasteiger partial charge in [-0.2, -0.15) is 0 Å². The van der Waals surface area contributed by atoms with Crippen LogP contribution in [-0.4, -0.2) is 23.2 Å². The molecule has 0 saturated heterocycles. The quantitative estimate of drug-likeness (QED) is 0.265. The van der Waals surface area contributed by atoms with E-state index in [9.17, 15) is 0 Å². The van der Waals surface area contributed by atoms with Crippen molar-refractivity contribution in [3.63, 3.8) is 0 Å². The maximum Gasteiger partial charge on any atom is 0.226 e. The summed E-state index contributed by atoms with van der Waals surface area (Å²) in [5.74, 6) is 2.35. The smallest absolute Gasteiger partial charge is 0.226 e. The minimum atomic E-state index is 0. The molecule has 0 amide bonds. The predicted octanol–water partition coefficient (Wildman–Crippen LogP) is 2.37. The number of halogens is 1. The summed E-state index contributed by atoms with van der Waals surface area (Å²) in [5, 5.41) is 7.09. The van der Waals surface area contributed by atoms with Gasteiger partial charge in [0.2, 0.25) is 5.89 Å². The van der Waals surface area contributed by atoms with Crippen LogP contribution in [-0.2, 0) is 13.0 Å². The summed E-state index contributed by atoms with van der Waals surface area (Å²) in [4.78, 5) is 4.52. The highest BCUT2D eigenvalue weighted by Gasteiger charge is 2.15. The zero-order chi connectivity index (χ0) is 24.0. The van der Waals surface area contributed by atoms with Crippen molar-refractivity contribution < 1.29 is 30.7 Å². The Morgan fingerprint density at radius 2 is 1.94 bits per heavy atom. The number of aryl methyl sites for hydroxylation is 1. The summed E-state index contributed by atoms with van der Waals surface area (Å²) in [6.07, 6.45) is 9.00. The summed E-state index contributed by atoms with van der Waals surface area (Å²) in [6.45, 7) is 4.52. The van der Waals surface area contributed by atoms with Crippen molar-refractivity contribution in [2.45, 2.75) is 32.7 Å². The molecule has 2 N–H and O–H groups in total. The summed E-state index contributed by atoms with van der Waals surface area (Å²) in [7, 11) is 0. The predicted molar refractivity (Wildman–Crippen MR) is 141 cm³/mol. The Balaban J connectivity index is 0.00000304. The number of aromatic nitrogens is 2. The van der Waals surface area contributed by atoms with Crippen LogP contribution in [0.4, 0.5) is 5.69 Å². The molecule has 0 saturated carbocycles. The van der Waals surface area contributed by atoms with E-state index in [1.165, 1.54) is 11.1 Å². The molecule has 8 heteroatoms. The third-order valence-corrected chi connectivity index (χ3v) is 6.17. The third-order valence-electron chi connectivity index (χ3n) is 5.92. The SMILES string of the molecule is CCCNC(=S)Nc1cccc(C[n+]2ccc(-c3cnc(-c4ccc5c(c4)CCCO5)o3)cc2)c1.[Br-]. The zero-order valence-electron chi connectivity index (χ0n) is 20.2. The molecule has 0 aliphatic carbocycles. The maximum absolute atomic E-state index is 6.10. The van der Waals surface area contributed by atoms with Gasteiger partial charge >= 0.3 is 0 Å². The Kier molecular flexibility index (Phi) is 8.72. The fourth-order valence-corrected chi connectivity index (χ4v) is 4.35. The van der Waals surface area contributed by atoms with Crippen LogP contribution in [0.1, 0.15) is 30.9 Å². The lowest BCUT2D eigenvalue weighted by atomic mass is 10.0. The second-order valence-corrected chi connectivity index (χ2v) is 9.05. The van der Waals surface area contributed by atoms with E-state index >= 15 is 0 Å². The number of fused-ring (bicyclic) bond motifs is 1. The summed E-state index contributed by atoms with van der Waals surface area (Å²) >= 11 is 5.35. The fraction of sp³-hybridized carbons (Fsp3) is 0.250. The van der Waals surface area contributed by atoms with Gasteiger partial charge in [0.15, 0.2) is 29.8 Å². The Hall–Kier alpha value is -3.23. The van der Waals surface area contributed by atoms with Gasteiger partial charge in [-0.3, -0.25) is 0 Å². The molecule has 0 atom stereocenters. The van der Waals surface area contributed by atoms with E-state index in [2.05, 4.69) is 69.8 Å². The van der Waals surface area contributed by atoms with Crippen molar-refractivity contribution in [3.05, 3.63) is 84.3 Å². The highest BCUT2D eigenvalue weighted by atomic mass is 79.9. The normalized spacial score (nSPS) is 12.1. The molecular weight excluding hydrogens is 536 g/mol. The Bertz CT molecular complexity index is 1320. The molecule has 36 heavy (non-hydrogen) atoms. The third kappa shape index (κ3) is 6.30. The number of hydrogen-bond acceptors (Lipinski definition) is 4. The molecule has 6 nitrogen and oxygen atoms in total. The average molecular weight is 566 g/mol. The van der Waals surface area contributed by atoms with Crippen LogP contribution in [0.3, 0.4) is 0 Å². The molecule has 0 bridgehead atoms. The number of benzene rings is 2. The van der Waals surface area contributed by atoms with Gasteiger partial charge in [0.05, 0.1) is 12.8 Å². The minimum absolute atomic E-state index is 0. The van der Waals surface area contributed by atoms with E-state index in [1.54, 1.807) is 6.20 Å². The number of pyridine rings is 1. The highest BCUT2D eigenvalue weighted by molar-refractivity contribution is 7.80. The van der Waals surface area contributed by atoms with Gasteiger partial charge in [0.25, 0.3) is 0 Å². The van der Waals surface area contributed by atoms with Gasteiger partial charge in [-0.1, -0.05) is 19.1 Å². The molecule has 1 aliphatic heterocycles. The van der Waals surface area contributed by atoms with Crippen LogP contribution < -0.4 is 36.9 Å². The lowest BCUT2D eigenvalue weighted by Crippen LogP contribution is -3.00. The lowest BCUT2D eigenvalue weighted by molar-refractivity contribution is -0.688. The van der Waals surface area contributed by atoms with Gasteiger partial charge in [0, 0.05) is 41.1 Å². The van der Waals surface area contributed by atoms with Crippen LogP contribution in [0.25, 0.3) is 22.8 Å². The Labute approximate surface area is 227 Å². The average Bonchev–Trinajstić information content (AvgIpc) is 3.38. The van der Waals surface area contributed by atoms with Crippen molar-refractivity contribution >= 4 is 23.0 Å². The Morgan fingerprint density at radius 1 is 1.08 bits per heavy atom. The monoisotopic (exact) mass is 564 g/mol. The number of rotatable bonds is 7. The fourth-order valence-electron chi connectivity index (χ4n) is 4.13. The van der Waals surface area contributed by atoms with Gasteiger partial charge in [-0.25, -0.2) is 9.55 Å². The van der Waals surface area contributed by atoms with Crippen LogP contribution in [0.2, 0.25) is 0 Å². The number of nitrogens with one attached hydrogen (secondary N) is 2. The number of hydrogen-bond donors (Lipinski definition) is 2. The first-order valence-corrected chi connectivity index (χ1v) is 12.4. The molecule has 0 unspecified atom stereocenters. The van der Waals surface area contributed by atoms with Crippen molar-refractivity contribution in [2.75, 3.05) is 18.5 Å². The second kappa shape index (κ2) is 12.1. The van der Waals surface area contributed by atoms with E-state index in [0.717, 1.165) is 67.3 Å². The molecule has 0 radical (unpaired) electrons. The molecule has 5 rings (SSSR count). The molecule has 0 spiro atoms. The number of oxazole rings is 1. The van der Waals surface area contributed by atoms with Crippen molar-refractivity contribution in [3.8, 4) is 28.5 Å². The number of thiocarbonyl (C=S) groups is 1. The minimum Gasteiger partial charge on any atom is -1.00 e.